The quantitative estimate of drug-likeness (QED) is 0.364. The van der Waals surface area contributed by atoms with Gasteiger partial charge in [-0.15, -0.1) is 0 Å². The molecule has 2 aromatic carbocycles. The number of ether oxygens (including phenoxy) is 2. The van der Waals surface area contributed by atoms with Gasteiger partial charge in [0.25, 0.3) is 17.7 Å². The van der Waals surface area contributed by atoms with Gasteiger partial charge in [-0.05, 0) is 35.9 Å². The van der Waals surface area contributed by atoms with Crippen molar-refractivity contribution in [3.63, 3.8) is 0 Å². The zero-order chi connectivity index (χ0) is 23.3. The van der Waals surface area contributed by atoms with Crippen molar-refractivity contribution in [1.82, 2.24) is 15.8 Å². The molecule has 0 saturated carbocycles. The minimum absolute atomic E-state index is 0.206. The van der Waals surface area contributed by atoms with Crippen molar-refractivity contribution in [3.05, 3.63) is 63.5 Å². The van der Waals surface area contributed by atoms with E-state index in [1.54, 1.807) is 42.5 Å². The van der Waals surface area contributed by atoms with Crippen LogP contribution in [0.15, 0.2) is 47.4 Å². The molecule has 0 radical (unpaired) electrons. The van der Waals surface area contributed by atoms with Crippen LogP contribution in [0.4, 0.5) is 0 Å². The maximum atomic E-state index is 12.7. The third kappa shape index (κ3) is 5.39. The van der Waals surface area contributed by atoms with Crippen LogP contribution in [0.5, 0.6) is 11.5 Å². The van der Waals surface area contributed by atoms with Crippen molar-refractivity contribution < 1.29 is 23.9 Å². The summed E-state index contributed by atoms with van der Waals surface area (Å²) in [6.45, 7) is -0.350. The Morgan fingerprint density at radius 2 is 1.84 bits per heavy atom. The number of benzene rings is 2. The number of nitrogens with zero attached hydrogens (tertiary/aromatic N) is 1. The van der Waals surface area contributed by atoms with Crippen molar-refractivity contribution in [2.45, 2.75) is 0 Å². The van der Waals surface area contributed by atoms with Gasteiger partial charge >= 0.3 is 0 Å². The van der Waals surface area contributed by atoms with Crippen LogP contribution in [0.2, 0.25) is 5.02 Å². The average molecular weight is 492 g/mol. The number of nitrogens with one attached hydrogen (secondary N) is 2. The fourth-order valence-corrected chi connectivity index (χ4v) is 4.23. The number of hydrogen-bond donors (Lipinski definition) is 2. The van der Waals surface area contributed by atoms with E-state index in [2.05, 4.69) is 10.9 Å². The Hall–Kier alpha value is -3.08. The fraction of sp³-hybridized carbons (Fsp3) is 0.143. The first kappa shape index (κ1) is 23.6. The minimum Gasteiger partial charge on any atom is -0.493 e. The predicted octanol–water partition coefficient (Wildman–Crippen LogP) is 3.02. The van der Waals surface area contributed by atoms with Crippen LogP contribution in [-0.4, -0.2) is 47.7 Å². The molecule has 0 atom stereocenters. The van der Waals surface area contributed by atoms with Crippen LogP contribution in [0.25, 0.3) is 6.08 Å². The third-order valence-corrected chi connectivity index (χ3v) is 6.02. The molecular formula is C21H18ClN3O5S2. The van der Waals surface area contributed by atoms with Gasteiger partial charge in [0.05, 0.1) is 29.7 Å². The molecule has 1 saturated heterocycles. The summed E-state index contributed by atoms with van der Waals surface area (Å²) in [5.41, 5.74) is 5.44. The highest BCUT2D eigenvalue weighted by molar-refractivity contribution is 8.26. The molecule has 1 fully saturated rings. The third-order valence-electron chi connectivity index (χ3n) is 4.31. The number of rotatable bonds is 6. The number of hydrazine groups is 1. The second-order valence-corrected chi connectivity index (χ2v) is 8.45. The molecule has 1 aliphatic heterocycles. The minimum atomic E-state index is -0.617. The van der Waals surface area contributed by atoms with Crippen LogP contribution < -0.4 is 20.3 Å². The molecule has 3 amide bonds. The molecule has 1 aliphatic rings. The van der Waals surface area contributed by atoms with Crippen molar-refractivity contribution >= 4 is 63.7 Å². The lowest BCUT2D eigenvalue weighted by Gasteiger charge is -2.14. The van der Waals surface area contributed by atoms with Crippen LogP contribution in [-0.2, 0) is 9.59 Å². The first-order valence-electron chi connectivity index (χ1n) is 9.15. The Kier molecular flexibility index (Phi) is 7.73. The van der Waals surface area contributed by atoms with Gasteiger partial charge in [-0.2, -0.15) is 0 Å². The van der Waals surface area contributed by atoms with Gasteiger partial charge in [0.1, 0.15) is 10.9 Å². The van der Waals surface area contributed by atoms with E-state index in [0.717, 1.165) is 16.7 Å². The summed E-state index contributed by atoms with van der Waals surface area (Å²) in [4.78, 5) is 38.7. The molecule has 2 N–H and O–H groups in total. The average Bonchev–Trinajstić information content (AvgIpc) is 3.04. The molecule has 1 heterocycles. The van der Waals surface area contributed by atoms with Gasteiger partial charge in [-0.25, -0.2) is 0 Å². The summed E-state index contributed by atoms with van der Waals surface area (Å²) in [5, 5.41) is 0.247. The van der Waals surface area contributed by atoms with Gasteiger partial charge in [-0.1, -0.05) is 53.8 Å². The lowest BCUT2D eigenvalue weighted by molar-refractivity contribution is -0.129. The van der Waals surface area contributed by atoms with E-state index in [9.17, 15) is 14.4 Å². The topological polar surface area (TPSA) is 97.0 Å². The van der Waals surface area contributed by atoms with E-state index in [0.29, 0.717) is 22.0 Å². The van der Waals surface area contributed by atoms with Crippen molar-refractivity contribution in [2.75, 3.05) is 20.8 Å². The van der Waals surface area contributed by atoms with Gasteiger partial charge in [0.2, 0.25) is 0 Å². The van der Waals surface area contributed by atoms with Crippen LogP contribution in [0, 0.1) is 0 Å². The van der Waals surface area contributed by atoms with E-state index < -0.39 is 17.7 Å². The van der Waals surface area contributed by atoms with Crippen molar-refractivity contribution in [1.29, 1.82) is 0 Å². The fourth-order valence-electron chi connectivity index (χ4n) is 2.75. The molecule has 3 rings (SSSR count). The first-order valence-corrected chi connectivity index (χ1v) is 10.8. The van der Waals surface area contributed by atoms with Gasteiger partial charge < -0.3 is 9.47 Å². The summed E-state index contributed by atoms with van der Waals surface area (Å²) in [7, 11) is 3.05. The van der Waals surface area contributed by atoms with Gasteiger partial charge in [0, 0.05) is 0 Å². The molecule has 0 aliphatic carbocycles. The summed E-state index contributed by atoms with van der Waals surface area (Å²) < 4.78 is 10.7. The first-order chi connectivity index (χ1) is 15.3. The maximum absolute atomic E-state index is 12.7. The second kappa shape index (κ2) is 10.5. The highest BCUT2D eigenvalue weighted by Gasteiger charge is 2.33. The Morgan fingerprint density at radius 3 is 2.53 bits per heavy atom. The number of carbonyl (C=O) groups is 3. The van der Waals surface area contributed by atoms with Gasteiger partial charge in [-0.3, -0.25) is 30.1 Å². The number of methoxy groups -OCH3 is 2. The lowest BCUT2D eigenvalue weighted by atomic mass is 10.2. The van der Waals surface area contributed by atoms with Crippen LogP contribution >= 0.6 is 35.6 Å². The predicted molar refractivity (Wildman–Crippen MR) is 126 cm³/mol. The molecule has 11 heteroatoms. The molecule has 2 aromatic rings. The molecular weight excluding hydrogens is 474 g/mol. The van der Waals surface area contributed by atoms with E-state index in [4.69, 9.17) is 33.3 Å². The molecule has 8 nitrogen and oxygen atoms in total. The monoisotopic (exact) mass is 491 g/mol. The Labute approximate surface area is 198 Å². The van der Waals surface area contributed by atoms with Gasteiger partial charge in [0.15, 0.2) is 11.5 Å². The number of halogens is 1. The molecule has 0 spiro atoms. The second-order valence-electron chi connectivity index (χ2n) is 6.36. The Balaban J connectivity index is 1.63. The lowest BCUT2D eigenvalue weighted by Crippen LogP contribution is -2.47. The largest absolute Gasteiger partial charge is 0.493 e. The number of thiocarbonyl (C=S) groups is 1. The highest BCUT2D eigenvalue weighted by atomic mass is 35.5. The van der Waals surface area contributed by atoms with E-state index >= 15 is 0 Å². The van der Waals surface area contributed by atoms with Crippen molar-refractivity contribution in [3.8, 4) is 11.5 Å². The summed E-state index contributed by atoms with van der Waals surface area (Å²) in [5.74, 6) is -0.530. The van der Waals surface area contributed by atoms with Crippen LogP contribution in [0.3, 0.4) is 0 Å². The molecule has 0 unspecified atom stereocenters. The number of thioether (sulfide) groups is 1. The molecule has 0 aromatic heterocycles. The normalized spacial score (nSPS) is 14.5. The Morgan fingerprint density at radius 1 is 1.12 bits per heavy atom. The summed E-state index contributed by atoms with van der Waals surface area (Å²) in [6.07, 6.45) is 1.65. The molecule has 166 valence electrons. The zero-order valence-corrected chi connectivity index (χ0v) is 19.4. The standard InChI is InChI=1S/C21H18ClN3O5S2/c1-29-15-8-7-12(9-16(15)30-2)10-17-20(28)25(21(31)32-17)11-18(26)23-24-19(27)13-5-3-4-6-14(13)22/h3-10H,11H2,1-2H3,(H,23,26)(H,24,27). The van der Waals surface area contributed by atoms with E-state index in [1.165, 1.54) is 20.3 Å². The zero-order valence-electron chi connectivity index (χ0n) is 17.0. The SMILES string of the molecule is COc1ccc(C=C2SC(=S)N(CC(=O)NNC(=O)c3ccccc3Cl)C2=O)cc1OC. The number of carbonyl (C=O) groups excluding carboxylic acids is 3. The van der Waals surface area contributed by atoms with E-state index in [1.807, 2.05) is 0 Å². The van der Waals surface area contributed by atoms with E-state index in [-0.39, 0.29) is 21.5 Å². The molecule has 0 bridgehead atoms. The molecule has 32 heavy (non-hydrogen) atoms. The number of hydrogen-bond acceptors (Lipinski definition) is 7. The van der Waals surface area contributed by atoms with Crippen LogP contribution in [0.1, 0.15) is 15.9 Å². The van der Waals surface area contributed by atoms with Crippen molar-refractivity contribution in [2.24, 2.45) is 0 Å². The summed E-state index contributed by atoms with van der Waals surface area (Å²) in [6, 6.07) is 11.6. The number of amides is 3. The summed E-state index contributed by atoms with van der Waals surface area (Å²) >= 11 is 12.3. The highest BCUT2D eigenvalue weighted by Crippen LogP contribution is 2.34. The maximum Gasteiger partial charge on any atom is 0.271 e. The Bertz CT molecular complexity index is 1120. The smallest absolute Gasteiger partial charge is 0.271 e.